The number of nitrogens with one attached hydrogen (secondary N) is 3. The van der Waals surface area contributed by atoms with Crippen LogP contribution in [-0.4, -0.2) is 28.5 Å². The normalized spacial score (nSPS) is 16.8. The van der Waals surface area contributed by atoms with Crippen LogP contribution >= 0.6 is 12.4 Å². The second-order valence-electron chi connectivity index (χ2n) is 6.01. The first-order valence-electron chi connectivity index (χ1n) is 8.40. The summed E-state index contributed by atoms with van der Waals surface area (Å²) >= 11 is 0. The highest BCUT2D eigenvalue weighted by Gasteiger charge is 2.20. The van der Waals surface area contributed by atoms with Gasteiger partial charge in [-0.2, -0.15) is 0 Å². The molecule has 7 heteroatoms. The van der Waals surface area contributed by atoms with E-state index < -0.39 is 0 Å². The number of anilines is 1. The van der Waals surface area contributed by atoms with Crippen LogP contribution in [0.5, 0.6) is 0 Å². The summed E-state index contributed by atoms with van der Waals surface area (Å²) in [6.45, 7) is 2.84. The number of aromatic amines is 1. The Morgan fingerprint density at radius 2 is 2.16 bits per heavy atom. The minimum absolute atomic E-state index is 0. The van der Waals surface area contributed by atoms with E-state index in [9.17, 15) is 9.59 Å². The lowest BCUT2D eigenvalue weighted by Crippen LogP contribution is -2.43. The van der Waals surface area contributed by atoms with Crippen LogP contribution in [0.15, 0.2) is 35.1 Å². The minimum atomic E-state index is -0.169. The molecule has 0 bridgehead atoms. The van der Waals surface area contributed by atoms with Gasteiger partial charge in [0, 0.05) is 23.0 Å². The van der Waals surface area contributed by atoms with Gasteiger partial charge in [-0.15, -0.1) is 12.4 Å². The van der Waals surface area contributed by atoms with Gasteiger partial charge in [-0.1, -0.05) is 25.5 Å². The van der Waals surface area contributed by atoms with Crippen molar-refractivity contribution >= 4 is 24.0 Å². The summed E-state index contributed by atoms with van der Waals surface area (Å²) in [6, 6.07) is 8.75. The van der Waals surface area contributed by atoms with Gasteiger partial charge in [0.2, 0.25) is 5.91 Å². The molecule has 2 heterocycles. The maximum atomic E-state index is 12.3. The van der Waals surface area contributed by atoms with E-state index >= 15 is 0 Å². The van der Waals surface area contributed by atoms with Crippen LogP contribution in [0.25, 0.3) is 11.4 Å². The first-order chi connectivity index (χ1) is 11.7. The van der Waals surface area contributed by atoms with Crippen molar-refractivity contribution in [2.24, 2.45) is 0 Å². The largest absolute Gasteiger partial charge is 0.325 e. The summed E-state index contributed by atoms with van der Waals surface area (Å²) < 4.78 is 0. The van der Waals surface area contributed by atoms with Gasteiger partial charge >= 0.3 is 0 Å². The number of hydrogen-bond donors (Lipinski definition) is 3. The van der Waals surface area contributed by atoms with Crippen LogP contribution in [0, 0.1) is 0 Å². The standard InChI is InChI=1S/C18H22N4O2.ClH/c1-2-13-11-16(23)22-17(20-13)12-6-5-7-14(10-12)21-18(24)15-8-3-4-9-19-15;/h5-7,10-11,15,19H,2-4,8-9H2,1H3,(H,21,24)(H,20,22,23);1H. The zero-order chi connectivity index (χ0) is 16.9. The Hall–Kier alpha value is -2.18. The molecule has 1 atom stereocenters. The summed E-state index contributed by atoms with van der Waals surface area (Å²) in [4.78, 5) is 31.3. The van der Waals surface area contributed by atoms with Gasteiger partial charge in [-0.3, -0.25) is 9.59 Å². The molecule has 1 unspecified atom stereocenters. The van der Waals surface area contributed by atoms with Crippen LogP contribution in [0.2, 0.25) is 0 Å². The van der Waals surface area contributed by atoms with Crippen LogP contribution in [0.3, 0.4) is 0 Å². The second-order valence-corrected chi connectivity index (χ2v) is 6.01. The average Bonchev–Trinajstić information content (AvgIpc) is 2.62. The number of aryl methyl sites for hydroxylation is 1. The summed E-state index contributed by atoms with van der Waals surface area (Å²) in [5.74, 6) is 0.502. The fraction of sp³-hybridized carbons (Fsp3) is 0.389. The van der Waals surface area contributed by atoms with Crippen molar-refractivity contribution in [2.75, 3.05) is 11.9 Å². The number of hydrogen-bond acceptors (Lipinski definition) is 4. The van der Waals surface area contributed by atoms with Gasteiger partial charge in [0.05, 0.1) is 6.04 Å². The molecule has 25 heavy (non-hydrogen) atoms. The van der Waals surface area contributed by atoms with Gasteiger partial charge in [0.25, 0.3) is 5.56 Å². The maximum absolute atomic E-state index is 12.3. The van der Waals surface area contributed by atoms with Crippen molar-refractivity contribution in [2.45, 2.75) is 38.6 Å². The summed E-state index contributed by atoms with van der Waals surface area (Å²) in [5.41, 5.74) is 2.05. The molecule has 3 rings (SSSR count). The van der Waals surface area contributed by atoms with Crippen molar-refractivity contribution in [3.63, 3.8) is 0 Å². The Balaban J connectivity index is 0.00000225. The van der Waals surface area contributed by atoms with Crippen LogP contribution in [0.4, 0.5) is 5.69 Å². The molecule has 1 aromatic carbocycles. The fourth-order valence-electron chi connectivity index (χ4n) is 2.88. The van der Waals surface area contributed by atoms with Gasteiger partial charge < -0.3 is 15.6 Å². The molecule has 1 aliphatic heterocycles. The Kier molecular flexibility index (Phi) is 6.73. The monoisotopic (exact) mass is 362 g/mol. The number of rotatable bonds is 4. The molecule has 1 amide bonds. The van der Waals surface area contributed by atoms with Crippen molar-refractivity contribution in [1.29, 1.82) is 0 Å². The van der Waals surface area contributed by atoms with Gasteiger partial charge in [-0.25, -0.2) is 4.98 Å². The highest BCUT2D eigenvalue weighted by atomic mass is 35.5. The summed E-state index contributed by atoms with van der Waals surface area (Å²) in [7, 11) is 0. The van der Waals surface area contributed by atoms with Crippen molar-refractivity contribution < 1.29 is 4.79 Å². The third kappa shape index (κ3) is 4.90. The van der Waals surface area contributed by atoms with Crippen LogP contribution < -0.4 is 16.2 Å². The van der Waals surface area contributed by atoms with Crippen LogP contribution in [-0.2, 0) is 11.2 Å². The highest BCUT2D eigenvalue weighted by molar-refractivity contribution is 5.95. The Labute approximate surface area is 152 Å². The van der Waals surface area contributed by atoms with E-state index in [2.05, 4.69) is 20.6 Å². The van der Waals surface area contributed by atoms with Crippen LogP contribution in [0.1, 0.15) is 31.9 Å². The SMILES string of the molecule is CCc1cc(=O)[nH]c(-c2cccc(NC(=O)C3CCCCN3)c2)n1.Cl. The quantitative estimate of drug-likeness (QED) is 0.779. The zero-order valence-electron chi connectivity index (χ0n) is 14.2. The molecule has 0 spiro atoms. The first-order valence-corrected chi connectivity index (χ1v) is 8.40. The molecule has 1 fully saturated rings. The van der Waals surface area contributed by atoms with E-state index in [0.29, 0.717) is 17.9 Å². The molecular formula is C18H23ClN4O2. The number of carbonyl (C=O) groups excluding carboxylic acids is 1. The predicted molar refractivity (Wildman–Crippen MR) is 101 cm³/mol. The van der Waals surface area contributed by atoms with Crippen molar-refractivity contribution in [3.8, 4) is 11.4 Å². The fourth-order valence-corrected chi connectivity index (χ4v) is 2.88. The maximum Gasteiger partial charge on any atom is 0.251 e. The lowest BCUT2D eigenvalue weighted by Gasteiger charge is -2.22. The zero-order valence-corrected chi connectivity index (χ0v) is 15.0. The summed E-state index contributed by atoms with van der Waals surface area (Å²) in [5, 5.41) is 6.18. The average molecular weight is 363 g/mol. The molecule has 3 N–H and O–H groups in total. The van der Waals surface area contributed by atoms with Gasteiger partial charge in [0.15, 0.2) is 0 Å². The number of benzene rings is 1. The smallest absolute Gasteiger partial charge is 0.251 e. The molecule has 1 aromatic heterocycles. The van der Waals surface area contributed by atoms with Crippen molar-refractivity contribution in [3.05, 3.63) is 46.4 Å². The molecular weight excluding hydrogens is 340 g/mol. The number of amides is 1. The predicted octanol–water partition coefficient (Wildman–Crippen LogP) is 2.50. The van der Waals surface area contributed by atoms with Gasteiger partial charge in [-0.05, 0) is 37.9 Å². The van der Waals surface area contributed by atoms with E-state index in [0.717, 1.165) is 37.1 Å². The van der Waals surface area contributed by atoms with E-state index in [4.69, 9.17) is 0 Å². The van der Waals surface area contributed by atoms with Gasteiger partial charge in [0.1, 0.15) is 5.82 Å². The molecule has 1 saturated heterocycles. The molecule has 134 valence electrons. The Morgan fingerprint density at radius 1 is 1.32 bits per heavy atom. The van der Waals surface area contributed by atoms with E-state index in [1.807, 2.05) is 31.2 Å². The number of aromatic nitrogens is 2. The molecule has 0 radical (unpaired) electrons. The van der Waals surface area contributed by atoms with E-state index in [1.54, 1.807) is 0 Å². The number of nitrogens with zero attached hydrogens (tertiary/aromatic N) is 1. The molecule has 1 aliphatic rings. The molecule has 0 saturated carbocycles. The Bertz CT molecular complexity index is 785. The highest BCUT2D eigenvalue weighted by Crippen LogP contribution is 2.19. The number of carbonyl (C=O) groups is 1. The minimum Gasteiger partial charge on any atom is -0.325 e. The summed E-state index contributed by atoms with van der Waals surface area (Å²) in [6.07, 6.45) is 3.74. The molecule has 2 aromatic rings. The first kappa shape index (κ1) is 19.1. The van der Waals surface area contributed by atoms with Crippen molar-refractivity contribution in [1.82, 2.24) is 15.3 Å². The lowest BCUT2D eigenvalue weighted by atomic mass is 10.0. The third-order valence-electron chi connectivity index (χ3n) is 4.19. The second kappa shape index (κ2) is 8.78. The Morgan fingerprint density at radius 3 is 2.88 bits per heavy atom. The molecule has 6 nitrogen and oxygen atoms in total. The molecule has 0 aliphatic carbocycles. The number of piperidine rings is 1. The van der Waals surface area contributed by atoms with E-state index in [-0.39, 0.29) is 29.9 Å². The third-order valence-corrected chi connectivity index (χ3v) is 4.19. The van der Waals surface area contributed by atoms with E-state index in [1.165, 1.54) is 6.07 Å². The number of halogens is 1. The lowest BCUT2D eigenvalue weighted by molar-refractivity contribution is -0.118. The topological polar surface area (TPSA) is 86.9 Å². The number of H-pyrrole nitrogens is 1.